The molecule has 18 heavy (non-hydrogen) atoms. The zero-order valence-corrected chi connectivity index (χ0v) is 13.4. The maximum absolute atomic E-state index is 6.00. The van der Waals surface area contributed by atoms with Crippen molar-refractivity contribution in [2.45, 2.75) is 51.9 Å². The lowest BCUT2D eigenvalue weighted by Crippen LogP contribution is -2.51. The topological polar surface area (TPSA) is 12.5 Å². The summed E-state index contributed by atoms with van der Waals surface area (Å²) in [6, 6.07) is 8.84. The monoisotopic (exact) mass is 311 g/mol. The van der Waals surface area contributed by atoms with Gasteiger partial charge in [0.05, 0.1) is 12.6 Å². The number of benzene rings is 1. The van der Waals surface area contributed by atoms with Crippen molar-refractivity contribution in [1.29, 1.82) is 0 Å². The van der Waals surface area contributed by atoms with Crippen LogP contribution >= 0.6 is 15.9 Å². The van der Waals surface area contributed by atoms with E-state index < -0.39 is 0 Å². The largest absolute Gasteiger partial charge is 0.359 e. The fourth-order valence-corrected chi connectivity index (χ4v) is 3.45. The van der Waals surface area contributed by atoms with Crippen molar-refractivity contribution in [3.63, 3.8) is 0 Å². The summed E-state index contributed by atoms with van der Waals surface area (Å²) in [5.41, 5.74) is 1.17. The molecule has 0 aliphatic carbocycles. The van der Waals surface area contributed by atoms with Crippen LogP contribution in [0.5, 0.6) is 0 Å². The molecule has 3 heteroatoms. The Morgan fingerprint density at radius 2 is 2.00 bits per heavy atom. The molecule has 1 saturated heterocycles. The van der Waals surface area contributed by atoms with Gasteiger partial charge in [0.25, 0.3) is 0 Å². The Hall–Kier alpha value is -0.380. The first-order chi connectivity index (χ1) is 8.22. The fraction of sp³-hybridized carbons (Fsp3) is 0.600. The van der Waals surface area contributed by atoms with Gasteiger partial charge in [-0.2, -0.15) is 0 Å². The molecule has 1 heterocycles. The van der Waals surface area contributed by atoms with Gasteiger partial charge in [-0.15, -0.1) is 0 Å². The molecule has 2 rings (SSSR count). The van der Waals surface area contributed by atoms with Gasteiger partial charge in [-0.3, -0.25) is 4.90 Å². The van der Waals surface area contributed by atoms with Gasteiger partial charge in [0, 0.05) is 10.0 Å². The van der Waals surface area contributed by atoms with Crippen LogP contribution in [0.4, 0.5) is 0 Å². The van der Waals surface area contributed by atoms with Crippen molar-refractivity contribution in [3.8, 4) is 0 Å². The van der Waals surface area contributed by atoms with E-state index >= 15 is 0 Å². The number of halogens is 1. The predicted octanol–water partition coefficient (Wildman–Crippen LogP) is 4.36. The van der Waals surface area contributed by atoms with Gasteiger partial charge >= 0.3 is 0 Å². The zero-order chi connectivity index (χ0) is 13.6. The highest BCUT2D eigenvalue weighted by Gasteiger charge is 2.46. The highest BCUT2D eigenvalue weighted by atomic mass is 79.9. The lowest BCUT2D eigenvalue weighted by atomic mass is 9.96. The van der Waals surface area contributed by atoms with E-state index in [4.69, 9.17) is 4.74 Å². The average Bonchev–Trinajstić information content (AvgIpc) is 2.53. The van der Waals surface area contributed by atoms with Crippen molar-refractivity contribution in [2.24, 2.45) is 0 Å². The average molecular weight is 312 g/mol. The first-order valence-corrected chi connectivity index (χ1v) is 7.20. The van der Waals surface area contributed by atoms with Gasteiger partial charge in [0.2, 0.25) is 0 Å². The van der Waals surface area contributed by atoms with Crippen LogP contribution in [0.3, 0.4) is 0 Å². The molecule has 1 aromatic rings. The van der Waals surface area contributed by atoms with E-state index in [-0.39, 0.29) is 11.3 Å². The second-order valence-corrected chi connectivity index (χ2v) is 7.29. The van der Waals surface area contributed by atoms with Crippen LogP contribution in [0.1, 0.15) is 46.2 Å². The molecule has 0 saturated carbocycles. The first-order valence-electron chi connectivity index (χ1n) is 6.41. The minimum atomic E-state index is -0.217. The van der Waals surface area contributed by atoms with Crippen LogP contribution < -0.4 is 0 Å². The van der Waals surface area contributed by atoms with Crippen molar-refractivity contribution >= 4 is 15.9 Å². The molecule has 100 valence electrons. The lowest BCUT2D eigenvalue weighted by Gasteiger charge is -2.43. The summed E-state index contributed by atoms with van der Waals surface area (Å²) in [5.74, 6) is 0. The molecule has 0 bridgehead atoms. The van der Waals surface area contributed by atoms with E-state index in [1.165, 1.54) is 5.56 Å². The molecule has 0 radical (unpaired) electrons. The SMILES string of the molecule is CC(C)(C)N1[C@@H](c2cccc(Br)c2)COC1(C)C. The number of hydrogen-bond acceptors (Lipinski definition) is 2. The Labute approximate surface area is 118 Å². The van der Waals surface area contributed by atoms with Crippen molar-refractivity contribution in [2.75, 3.05) is 6.61 Å². The summed E-state index contributed by atoms with van der Waals surface area (Å²) in [7, 11) is 0. The molecular weight excluding hydrogens is 290 g/mol. The summed E-state index contributed by atoms with van der Waals surface area (Å²) < 4.78 is 7.12. The number of rotatable bonds is 1. The Bertz CT molecular complexity index is 436. The van der Waals surface area contributed by atoms with Crippen LogP contribution in [0.2, 0.25) is 0 Å². The van der Waals surface area contributed by atoms with Crippen LogP contribution in [0.15, 0.2) is 28.7 Å². The number of hydrogen-bond donors (Lipinski definition) is 0. The summed E-state index contributed by atoms with van der Waals surface area (Å²) >= 11 is 3.55. The van der Waals surface area contributed by atoms with Gasteiger partial charge in [-0.1, -0.05) is 28.1 Å². The Morgan fingerprint density at radius 3 is 2.56 bits per heavy atom. The van der Waals surface area contributed by atoms with E-state index in [0.717, 1.165) is 11.1 Å². The molecule has 0 aromatic heterocycles. The maximum atomic E-state index is 6.00. The summed E-state index contributed by atoms with van der Waals surface area (Å²) in [6.45, 7) is 11.8. The maximum Gasteiger partial charge on any atom is 0.117 e. The minimum absolute atomic E-state index is 0.0764. The van der Waals surface area contributed by atoms with Crippen LogP contribution in [-0.2, 0) is 4.74 Å². The summed E-state index contributed by atoms with van der Waals surface area (Å²) in [4.78, 5) is 2.46. The number of nitrogens with zero attached hydrogens (tertiary/aromatic N) is 1. The van der Waals surface area contributed by atoms with Gasteiger partial charge < -0.3 is 4.74 Å². The van der Waals surface area contributed by atoms with Gasteiger partial charge in [-0.25, -0.2) is 0 Å². The first kappa shape index (κ1) is 14.0. The fourth-order valence-electron chi connectivity index (χ4n) is 3.04. The van der Waals surface area contributed by atoms with Gasteiger partial charge in [-0.05, 0) is 52.3 Å². The molecular formula is C15H22BrNO. The van der Waals surface area contributed by atoms with Crippen molar-refractivity contribution in [3.05, 3.63) is 34.3 Å². The Kier molecular flexibility index (Phi) is 3.60. The van der Waals surface area contributed by atoms with E-state index in [2.05, 4.69) is 79.7 Å². The standard InChI is InChI=1S/C15H22BrNO/c1-14(2,3)17-13(10-18-15(17,4)5)11-7-6-8-12(16)9-11/h6-9,13H,10H2,1-5H3/t13-/m1/s1. The molecule has 1 aliphatic rings. The van der Waals surface area contributed by atoms with Crippen molar-refractivity contribution < 1.29 is 4.74 Å². The zero-order valence-electron chi connectivity index (χ0n) is 11.8. The van der Waals surface area contributed by atoms with Crippen LogP contribution in [-0.4, -0.2) is 22.8 Å². The Morgan fingerprint density at radius 1 is 1.33 bits per heavy atom. The molecule has 0 amide bonds. The molecule has 1 aromatic carbocycles. The molecule has 0 unspecified atom stereocenters. The quantitative estimate of drug-likeness (QED) is 0.764. The molecule has 2 nitrogen and oxygen atoms in total. The third kappa shape index (κ3) is 2.63. The molecule has 0 spiro atoms. The molecule has 1 atom stereocenters. The van der Waals surface area contributed by atoms with E-state index in [1.54, 1.807) is 0 Å². The highest BCUT2D eigenvalue weighted by molar-refractivity contribution is 9.10. The summed E-state index contributed by atoms with van der Waals surface area (Å²) in [6.07, 6.45) is 0. The van der Waals surface area contributed by atoms with E-state index in [1.807, 2.05) is 0 Å². The van der Waals surface area contributed by atoms with Gasteiger partial charge in [0.1, 0.15) is 5.72 Å². The third-order valence-electron chi connectivity index (χ3n) is 3.44. The normalized spacial score (nSPS) is 24.4. The molecule has 1 aliphatic heterocycles. The molecule has 0 N–H and O–H groups in total. The second kappa shape index (κ2) is 4.62. The second-order valence-electron chi connectivity index (χ2n) is 6.37. The van der Waals surface area contributed by atoms with Crippen LogP contribution in [0, 0.1) is 0 Å². The highest BCUT2D eigenvalue weighted by Crippen LogP contribution is 2.42. The van der Waals surface area contributed by atoms with Crippen LogP contribution in [0.25, 0.3) is 0 Å². The molecule has 1 fully saturated rings. The smallest absolute Gasteiger partial charge is 0.117 e. The summed E-state index contributed by atoms with van der Waals surface area (Å²) in [5, 5.41) is 0. The van der Waals surface area contributed by atoms with Crippen molar-refractivity contribution in [1.82, 2.24) is 4.90 Å². The van der Waals surface area contributed by atoms with Gasteiger partial charge in [0.15, 0.2) is 0 Å². The lowest BCUT2D eigenvalue weighted by molar-refractivity contribution is -0.0919. The van der Waals surface area contributed by atoms with E-state index in [9.17, 15) is 0 Å². The minimum Gasteiger partial charge on any atom is -0.359 e. The predicted molar refractivity (Wildman–Crippen MR) is 78.5 cm³/mol. The van der Waals surface area contributed by atoms with E-state index in [0.29, 0.717) is 6.04 Å². The Balaban J connectivity index is 2.39. The number of ether oxygens (including phenoxy) is 1. The third-order valence-corrected chi connectivity index (χ3v) is 3.94.